The summed E-state index contributed by atoms with van der Waals surface area (Å²) in [7, 11) is -1.95. The van der Waals surface area contributed by atoms with Crippen LogP contribution in [0, 0.1) is 6.92 Å². The lowest BCUT2D eigenvalue weighted by Crippen LogP contribution is -2.38. The first-order valence-corrected chi connectivity index (χ1v) is 11.3. The Balaban J connectivity index is 1.82. The van der Waals surface area contributed by atoms with Gasteiger partial charge in [0, 0.05) is 18.8 Å². The van der Waals surface area contributed by atoms with Crippen LogP contribution in [0.2, 0.25) is 5.02 Å². The van der Waals surface area contributed by atoms with Gasteiger partial charge in [-0.2, -0.15) is 0 Å². The van der Waals surface area contributed by atoms with Gasteiger partial charge in [0.25, 0.3) is 15.9 Å². The molecule has 1 aliphatic carbocycles. The molecule has 1 fully saturated rings. The van der Waals surface area contributed by atoms with E-state index in [-0.39, 0.29) is 16.8 Å². The van der Waals surface area contributed by atoms with Gasteiger partial charge in [-0.3, -0.25) is 9.52 Å². The van der Waals surface area contributed by atoms with E-state index in [4.69, 9.17) is 11.6 Å². The number of hydrogen-bond donors (Lipinski definition) is 1. The van der Waals surface area contributed by atoms with Crippen LogP contribution in [-0.4, -0.2) is 32.3 Å². The van der Waals surface area contributed by atoms with Gasteiger partial charge in [-0.1, -0.05) is 48.6 Å². The number of benzene rings is 2. The first kappa shape index (κ1) is 20.7. The average molecular weight is 421 g/mol. The monoisotopic (exact) mass is 420 g/mol. The molecule has 28 heavy (non-hydrogen) atoms. The Morgan fingerprint density at radius 2 is 1.71 bits per heavy atom. The number of nitrogens with one attached hydrogen (secondary N) is 1. The zero-order chi connectivity index (χ0) is 20.3. The summed E-state index contributed by atoms with van der Waals surface area (Å²) in [6, 6.07) is 11.4. The van der Waals surface area contributed by atoms with E-state index in [1.807, 2.05) is 6.92 Å². The summed E-state index contributed by atoms with van der Waals surface area (Å²) in [6.07, 6.45) is 5.41. The number of carbonyl (C=O) groups is 1. The van der Waals surface area contributed by atoms with Gasteiger partial charge >= 0.3 is 0 Å². The van der Waals surface area contributed by atoms with Gasteiger partial charge in [-0.05, 0) is 50.1 Å². The Morgan fingerprint density at radius 3 is 2.36 bits per heavy atom. The molecule has 0 saturated heterocycles. The van der Waals surface area contributed by atoms with E-state index in [2.05, 4.69) is 4.72 Å². The zero-order valence-electron chi connectivity index (χ0n) is 16.1. The summed E-state index contributed by atoms with van der Waals surface area (Å²) in [5, 5.41) is 0.311. The third kappa shape index (κ3) is 4.67. The molecule has 0 aromatic heterocycles. The molecule has 0 spiro atoms. The number of anilines is 1. The van der Waals surface area contributed by atoms with Crippen molar-refractivity contribution in [1.29, 1.82) is 0 Å². The first-order valence-electron chi connectivity index (χ1n) is 9.44. The van der Waals surface area contributed by atoms with Crippen molar-refractivity contribution in [3.63, 3.8) is 0 Å². The summed E-state index contributed by atoms with van der Waals surface area (Å²) >= 11 is 6.26. The van der Waals surface area contributed by atoms with Gasteiger partial charge < -0.3 is 4.90 Å². The molecule has 0 aliphatic heterocycles. The van der Waals surface area contributed by atoms with Crippen molar-refractivity contribution in [3.05, 3.63) is 58.6 Å². The molecular formula is C21H25ClN2O3S. The Bertz CT molecular complexity index is 952. The van der Waals surface area contributed by atoms with Crippen molar-refractivity contribution < 1.29 is 13.2 Å². The van der Waals surface area contributed by atoms with E-state index in [1.54, 1.807) is 48.3 Å². The number of aryl methyl sites for hydroxylation is 1. The van der Waals surface area contributed by atoms with Crippen molar-refractivity contribution in [2.24, 2.45) is 0 Å². The van der Waals surface area contributed by atoms with Gasteiger partial charge in [0.05, 0.1) is 15.5 Å². The van der Waals surface area contributed by atoms with Crippen LogP contribution in [0.5, 0.6) is 0 Å². The molecule has 7 heteroatoms. The minimum Gasteiger partial charge on any atom is -0.339 e. The lowest BCUT2D eigenvalue weighted by atomic mass is 9.94. The van der Waals surface area contributed by atoms with E-state index < -0.39 is 10.0 Å². The van der Waals surface area contributed by atoms with Crippen LogP contribution >= 0.6 is 11.6 Å². The van der Waals surface area contributed by atoms with Gasteiger partial charge in [0.1, 0.15) is 0 Å². The van der Waals surface area contributed by atoms with E-state index in [9.17, 15) is 13.2 Å². The number of halogens is 1. The third-order valence-corrected chi connectivity index (χ3v) is 6.95. The topological polar surface area (TPSA) is 66.5 Å². The lowest BCUT2D eigenvalue weighted by molar-refractivity contribution is 0.0696. The second-order valence-corrected chi connectivity index (χ2v) is 9.41. The second-order valence-electron chi connectivity index (χ2n) is 7.32. The van der Waals surface area contributed by atoms with Crippen LogP contribution in [0.1, 0.15) is 48.0 Å². The average Bonchev–Trinajstić information content (AvgIpc) is 2.69. The molecule has 0 heterocycles. The molecule has 1 saturated carbocycles. The Kier molecular flexibility index (Phi) is 6.30. The third-order valence-electron chi connectivity index (χ3n) is 5.22. The maximum Gasteiger partial charge on any atom is 0.261 e. The van der Waals surface area contributed by atoms with Gasteiger partial charge in [0.2, 0.25) is 0 Å². The fraction of sp³-hybridized carbons (Fsp3) is 0.381. The molecule has 5 nitrogen and oxygen atoms in total. The summed E-state index contributed by atoms with van der Waals surface area (Å²) in [4.78, 5) is 14.9. The van der Waals surface area contributed by atoms with Crippen molar-refractivity contribution in [3.8, 4) is 0 Å². The largest absolute Gasteiger partial charge is 0.339 e. The number of carbonyl (C=O) groups excluding carboxylic acids is 1. The highest BCUT2D eigenvalue weighted by Gasteiger charge is 2.25. The number of amides is 1. The molecule has 1 N–H and O–H groups in total. The molecule has 2 aromatic rings. The predicted molar refractivity (Wildman–Crippen MR) is 112 cm³/mol. The van der Waals surface area contributed by atoms with Crippen molar-refractivity contribution in [1.82, 2.24) is 4.90 Å². The van der Waals surface area contributed by atoms with Crippen LogP contribution in [0.3, 0.4) is 0 Å². The molecule has 0 bridgehead atoms. The Hall–Kier alpha value is -2.05. The molecule has 1 aliphatic rings. The number of nitrogens with zero attached hydrogens (tertiary/aromatic N) is 1. The molecule has 1 amide bonds. The smallest absolute Gasteiger partial charge is 0.261 e. The lowest BCUT2D eigenvalue weighted by Gasteiger charge is -2.31. The molecule has 0 unspecified atom stereocenters. The quantitative estimate of drug-likeness (QED) is 0.751. The Morgan fingerprint density at radius 1 is 1.07 bits per heavy atom. The van der Waals surface area contributed by atoms with Gasteiger partial charge in [-0.25, -0.2) is 8.42 Å². The highest BCUT2D eigenvalue weighted by Crippen LogP contribution is 2.27. The molecule has 0 radical (unpaired) electrons. The normalized spacial score (nSPS) is 15.2. The van der Waals surface area contributed by atoms with Gasteiger partial charge in [0.15, 0.2) is 0 Å². The Labute approximate surface area is 171 Å². The molecule has 2 aromatic carbocycles. The summed E-state index contributed by atoms with van der Waals surface area (Å²) in [5.74, 6) is -0.187. The van der Waals surface area contributed by atoms with Crippen LogP contribution in [0.25, 0.3) is 0 Å². The summed E-state index contributed by atoms with van der Waals surface area (Å²) in [5.41, 5.74) is 1.59. The van der Waals surface area contributed by atoms with Gasteiger partial charge in [-0.15, -0.1) is 0 Å². The maximum atomic E-state index is 13.0. The highest BCUT2D eigenvalue weighted by atomic mass is 35.5. The van der Waals surface area contributed by atoms with E-state index in [0.717, 1.165) is 31.2 Å². The predicted octanol–water partition coefficient (Wildman–Crippen LogP) is 4.85. The van der Waals surface area contributed by atoms with Crippen molar-refractivity contribution in [2.75, 3.05) is 11.8 Å². The fourth-order valence-corrected chi connectivity index (χ4v) is 4.76. The van der Waals surface area contributed by atoms with E-state index in [1.165, 1.54) is 12.5 Å². The molecule has 0 atom stereocenters. The number of sulfonamides is 1. The second kappa shape index (κ2) is 8.53. The van der Waals surface area contributed by atoms with Crippen LogP contribution in [-0.2, 0) is 10.0 Å². The zero-order valence-corrected chi connectivity index (χ0v) is 17.7. The first-order chi connectivity index (χ1) is 13.3. The molecule has 3 rings (SSSR count). The van der Waals surface area contributed by atoms with E-state index in [0.29, 0.717) is 16.3 Å². The minimum absolute atomic E-state index is 0.167. The summed E-state index contributed by atoms with van der Waals surface area (Å²) < 4.78 is 27.8. The van der Waals surface area contributed by atoms with E-state index >= 15 is 0 Å². The van der Waals surface area contributed by atoms with Crippen LogP contribution in [0.15, 0.2) is 47.4 Å². The molecular weight excluding hydrogens is 396 g/mol. The molecule has 150 valence electrons. The maximum absolute atomic E-state index is 13.0. The minimum atomic E-state index is -3.74. The summed E-state index contributed by atoms with van der Waals surface area (Å²) in [6.45, 7) is 1.89. The van der Waals surface area contributed by atoms with Crippen molar-refractivity contribution >= 4 is 33.2 Å². The fourth-order valence-electron chi connectivity index (χ4n) is 3.51. The standard InChI is InChI=1S/C21H25ClN2O3S/c1-15-8-11-18(12-9-15)28(26,27)23-16-10-13-20(22)19(14-16)21(25)24(2)17-6-4-3-5-7-17/h8-14,17,23H,3-7H2,1-2H3. The highest BCUT2D eigenvalue weighted by molar-refractivity contribution is 7.92. The van der Waals surface area contributed by atoms with Crippen LogP contribution < -0.4 is 4.72 Å². The number of hydrogen-bond acceptors (Lipinski definition) is 3. The SMILES string of the molecule is Cc1ccc(S(=O)(=O)Nc2ccc(Cl)c(C(=O)N(C)C3CCCCC3)c2)cc1. The van der Waals surface area contributed by atoms with Crippen molar-refractivity contribution in [2.45, 2.75) is 50.0 Å². The van der Waals surface area contributed by atoms with Crippen LogP contribution in [0.4, 0.5) is 5.69 Å². The number of rotatable bonds is 5.